The van der Waals surface area contributed by atoms with E-state index in [0.29, 0.717) is 17.1 Å². The molecule has 0 saturated heterocycles. The van der Waals surface area contributed by atoms with Gasteiger partial charge in [-0.1, -0.05) is 29.8 Å². The van der Waals surface area contributed by atoms with Crippen molar-refractivity contribution in [1.29, 1.82) is 0 Å². The molecule has 0 spiro atoms. The van der Waals surface area contributed by atoms with E-state index in [2.05, 4.69) is 10.3 Å². The summed E-state index contributed by atoms with van der Waals surface area (Å²) in [7, 11) is 0. The zero-order valence-corrected chi connectivity index (χ0v) is 9.82. The number of amides is 1. The van der Waals surface area contributed by atoms with E-state index in [1.165, 1.54) is 6.20 Å². The van der Waals surface area contributed by atoms with Crippen molar-refractivity contribution in [1.82, 2.24) is 10.3 Å². The second kappa shape index (κ2) is 5.46. The van der Waals surface area contributed by atoms with E-state index in [9.17, 15) is 4.79 Å². The Balaban J connectivity index is 2.00. The van der Waals surface area contributed by atoms with Crippen molar-refractivity contribution < 1.29 is 4.79 Å². The van der Waals surface area contributed by atoms with Crippen LogP contribution < -0.4 is 5.32 Å². The van der Waals surface area contributed by atoms with Crippen LogP contribution in [0.15, 0.2) is 48.8 Å². The molecule has 1 aromatic carbocycles. The number of aromatic nitrogens is 1. The zero-order chi connectivity index (χ0) is 12.1. The van der Waals surface area contributed by atoms with Crippen LogP contribution in [0, 0.1) is 0 Å². The molecule has 0 unspecified atom stereocenters. The average Bonchev–Trinajstić information content (AvgIpc) is 2.38. The Morgan fingerprint density at radius 2 is 2.06 bits per heavy atom. The predicted octanol–water partition coefficient (Wildman–Crippen LogP) is 2.67. The molecule has 17 heavy (non-hydrogen) atoms. The average molecular weight is 247 g/mol. The molecule has 0 radical (unpaired) electrons. The SMILES string of the molecule is O=C(NCc1ccccc1Cl)c1cccnc1. The molecule has 1 amide bonds. The maximum Gasteiger partial charge on any atom is 0.253 e. The van der Waals surface area contributed by atoms with Gasteiger partial charge < -0.3 is 5.32 Å². The fraction of sp³-hybridized carbons (Fsp3) is 0.0769. The first-order chi connectivity index (χ1) is 8.27. The molecular weight excluding hydrogens is 236 g/mol. The number of carbonyl (C=O) groups is 1. The molecule has 0 bridgehead atoms. The summed E-state index contributed by atoms with van der Waals surface area (Å²) in [6, 6.07) is 10.9. The van der Waals surface area contributed by atoms with Gasteiger partial charge in [-0.25, -0.2) is 0 Å². The molecule has 0 aliphatic heterocycles. The van der Waals surface area contributed by atoms with E-state index in [1.807, 2.05) is 18.2 Å². The number of halogens is 1. The standard InChI is InChI=1S/C13H11ClN2O/c14-12-6-2-1-4-10(12)9-16-13(17)11-5-3-7-15-8-11/h1-8H,9H2,(H,16,17). The van der Waals surface area contributed by atoms with Gasteiger partial charge in [-0.3, -0.25) is 9.78 Å². The second-order valence-corrected chi connectivity index (χ2v) is 3.92. The molecule has 2 rings (SSSR count). The van der Waals surface area contributed by atoms with Gasteiger partial charge in [0.25, 0.3) is 5.91 Å². The fourth-order valence-electron chi connectivity index (χ4n) is 1.42. The van der Waals surface area contributed by atoms with Crippen molar-refractivity contribution in [3.8, 4) is 0 Å². The van der Waals surface area contributed by atoms with Crippen molar-refractivity contribution in [2.45, 2.75) is 6.54 Å². The van der Waals surface area contributed by atoms with Crippen molar-refractivity contribution in [2.24, 2.45) is 0 Å². The lowest BCUT2D eigenvalue weighted by atomic mass is 10.2. The van der Waals surface area contributed by atoms with Gasteiger partial charge in [0.1, 0.15) is 0 Å². The quantitative estimate of drug-likeness (QED) is 0.905. The molecule has 0 aliphatic rings. The number of nitrogens with one attached hydrogen (secondary N) is 1. The highest BCUT2D eigenvalue weighted by molar-refractivity contribution is 6.31. The number of nitrogens with zero attached hydrogens (tertiary/aromatic N) is 1. The number of pyridine rings is 1. The minimum Gasteiger partial charge on any atom is -0.348 e. The summed E-state index contributed by atoms with van der Waals surface area (Å²) in [5.41, 5.74) is 1.44. The maximum absolute atomic E-state index is 11.7. The summed E-state index contributed by atoms with van der Waals surface area (Å²) in [6.45, 7) is 0.410. The zero-order valence-electron chi connectivity index (χ0n) is 9.06. The van der Waals surface area contributed by atoms with E-state index >= 15 is 0 Å². The molecular formula is C13H11ClN2O. The monoisotopic (exact) mass is 246 g/mol. The number of hydrogen-bond acceptors (Lipinski definition) is 2. The van der Waals surface area contributed by atoms with Gasteiger partial charge in [0.15, 0.2) is 0 Å². The summed E-state index contributed by atoms with van der Waals surface area (Å²) in [6.07, 6.45) is 3.16. The van der Waals surface area contributed by atoms with Crippen LogP contribution in [0.25, 0.3) is 0 Å². The molecule has 86 valence electrons. The molecule has 0 atom stereocenters. The Morgan fingerprint density at radius 3 is 2.76 bits per heavy atom. The van der Waals surface area contributed by atoms with Crippen LogP contribution in [0.4, 0.5) is 0 Å². The molecule has 2 aromatic rings. The van der Waals surface area contributed by atoms with Crippen molar-refractivity contribution in [3.63, 3.8) is 0 Å². The Bertz CT molecular complexity index is 514. The minimum absolute atomic E-state index is 0.155. The molecule has 1 N–H and O–H groups in total. The summed E-state index contributed by atoms with van der Waals surface area (Å²) in [5.74, 6) is -0.155. The predicted molar refractivity (Wildman–Crippen MR) is 66.9 cm³/mol. The van der Waals surface area contributed by atoms with Gasteiger partial charge in [-0.15, -0.1) is 0 Å². The van der Waals surface area contributed by atoms with Crippen LogP contribution in [0.1, 0.15) is 15.9 Å². The third-order valence-electron chi connectivity index (χ3n) is 2.32. The maximum atomic E-state index is 11.7. The Hall–Kier alpha value is -1.87. The van der Waals surface area contributed by atoms with Gasteiger partial charge in [0.2, 0.25) is 0 Å². The number of benzene rings is 1. The molecule has 4 heteroatoms. The third-order valence-corrected chi connectivity index (χ3v) is 2.69. The summed E-state index contributed by atoms with van der Waals surface area (Å²) >= 11 is 5.99. The first-order valence-corrected chi connectivity index (χ1v) is 5.57. The Labute approximate surface area is 104 Å². The van der Waals surface area contributed by atoms with Crippen molar-refractivity contribution in [3.05, 3.63) is 64.9 Å². The Morgan fingerprint density at radius 1 is 1.24 bits per heavy atom. The summed E-state index contributed by atoms with van der Waals surface area (Å²) in [5, 5.41) is 3.44. The molecule has 1 heterocycles. The van der Waals surface area contributed by atoms with Gasteiger partial charge >= 0.3 is 0 Å². The summed E-state index contributed by atoms with van der Waals surface area (Å²) in [4.78, 5) is 15.6. The van der Waals surface area contributed by atoms with Gasteiger partial charge in [-0.2, -0.15) is 0 Å². The van der Waals surface area contributed by atoms with Crippen LogP contribution in [-0.2, 0) is 6.54 Å². The summed E-state index contributed by atoms with van der Waals surface area (Å²) < 4.78 is 0. The van der Waals surface area contributed by atoms with E-state index in [1.54, 1.807) is 24.4 Å². The van der Waals surface area contributed by atoms with Crippen LogP contribution in [0.2, 0.25) is 5.02 Å². The highest BCUT2D eigenvalue weighted by Crippen LogP contribution is 2.14. The van der Waals surface area contributed by atoms with E-state index in [-0.39, 0.29) is 5.91 Å². The van der Waals surface area contributed by atoms with Crippen LogP contribution in [0.3, 0.4) is 0 Å². The molecule has 0 fully saturated rings. The molecule has 0 aliphatic carbocycles. The van der Waals surface area contributed by atoms with E-state index < -0.39 is 0 Å². The lowest BCUT2D eigenvalue weighted by molar-refractivity contribution is 0.0950. The van der Waals surface area contributed by atoms with E-state index in [4.69, 9.17) is 11.6 Å². The lowest BCUT2D eigenvalue weighted by Gasteiger charge is -2.06. The normalized spacial score (nSPS) is 9.94. The first-order valence-electron chi connectivity index (χ1n) is 5.19. The molecule has 0 saturated carbocycles. The topological polar surface area (TPSA) is 42.0 Å². The molecule has 3 nitrogen and oxygen atoms in total. The fourth-order valence-corrected chi connectivity index (χ4v) is 1.62. The smallest absolute Gasteiger partial charge is 0.253 e. The number of hydrogen-bond donors (Lipinski definition) is 1. The number of rotatable bonds is 3. The number of carbonyl (C=O) groups excluding carboxylic acids is 1. The van der Waals surface area contributed by atoms with Gasteiger partial charge in [0.05, 0.1) is 5.56 Å². The van der Waals surface area contributed by atoms with Crippen molar-refractivity contribution in [2.75, 3.05) is 0 Å². The highest BCUT2D eigenvalue weighted by atomic mass is 35.5. The highest BCUT2D eigenvalue weighted by Gasteiger charge is 2.05. The van der Waals surface area contributed by atoms with Gasteiger partial charge in [0, 0.05) is 24.0 Å². The molecule has 1 aromatic heterocycles. The van der Waals surface area contributed by atoms with Gasteiger partial charge in [-0.05, 0) is 23.8 Å². The lowest BCUT2D eigenvalue weighted by Crippen LogP contribution is -2.22. The van der Waals surface area contributed by atoms with E-state index in [0.717, 1.165) is 5.56 Å². The third kappa shape index (κ3) is 3.04. The Kier molecular flexibility index (Phi) is 3.73. The van der Waals surface area contributed by atoms with Crippen LogP contribution in [0.5, 0.6) is 0 Å². The largest absolute Gasteiger partial charge is 0.348 e. The first kappa shape index (κ1) is 11.6. The minimum atomic E-state index is -0.155. The van der Waals surface area contributed by atoms with Crippen LogP contribution >= 0.6 is 11.6 Å². The van der Waals surface area contributed by atoms with Crippen LogP contribution in [-0.4, -0.2) is 10.9 Å². The second-order valence-electron chi connectivity index (χ2n) is 3.52. The van der Waals surface area contributed by atoms with Crippen molar-refractivity contribution >= 4 is 17.5 Å².